The number of aryl methyl sites for hydroxylation is 1. The van der Waals surface area contributed by atoms with Crippen molar-refractivity contribution in [3.05, 3.63) is 53.5 Å². The van der Waals surface area contributed by atoms with Gasteiger partial charge in [-0.25, -0.2) is 17.9 Å². The molecule has 0 saturated carbocycles. The number of carbonyl (C=O) groups is 2. The maximum absolute atomic E-state index is 12.5. The smallest absolute Gasteiger partial charge is 0.338 e. The van der Waals surface area contributed by atoms with Crippen molar-refractivity contribution >= 4 is 21.9 Å². The average Bonchev–Trinajstić information content (AvgIpc) is 3.10. The first-order valence-electron chi connectivity index (χ1n) is 8.59. The predicted octanol–water partition coefficient (Wildman–Crippen LogP) is 2.14. The molecule has 9 heteroatoms. The zero-order valence-corrected chi connectivity index (χ0v) is 17.1. The Morgan fingerprint density at radius 1 is 1.18 bits per heavy atom. The van der Waals surface area contributed by atoms with Crippen molar-refractivity contribution in [2.24, 2.45) is 0 Å². The molecule has 1 aromatic carbocycles. The highest BCUT2D eigenvalue weighted by Gasteiger charge is 2.20. The number of sulfonamides is 1. The van der Waals surface area contributed by atoms with Crippen LogP contribution in [0.3, 0.4) is 0 Å². The summed E-state index contributed by atoms with van der Waals surface area (Å²) in [4.78, 5) is 24.0. The van der Waals surface area contributed by atoms with Crippen molar-refractivity contribution in [3.63, 3.8) is 0 Å². The average molecular weight is 408 g/mol. The Labute approximate surface area is 164 Å². The number of benzene rings is 1. The highest BCUT2D eigenvalue weighted by atomic mass is 32.2. The van der Waals surface area contributed by atoms with Gasteiger partial charge in [0.25, 0.3) is 5.91 Å². The van der Waals surface area contributed by atoms with E-state index in [0.29, 0.717) is 11.3 Å². The Balaban J connectivity index is 2.09. The van der Waals surface area contributed by atoms with Gasteiger partial charge in [0.05, 0.1) is 23.3 Å². The van der Waals surface area contributed by atoms with E-state index in [2.05, 4.69) is 10.0 Å². The summed E-state index contributed by atoms with van der Waals surface area (Å²) in [6.45, 7) is 6.60. The number of furan rings is 1. The molecule has 8 nitrogen and oxygen atoms in total. The van der Waals surface area contributed by atoms with Crippen LogP contribution in [0.2, 0.25) is 0 Å². The van der Waals surface area contributed by atoms with Gasteiger partial charge in [0.1, 0.15) is 5.76 Å². The topological polar surface area (TPSA) is 115 Å². The maximum Gasteiger partial charge on any atom is 0.338 e. The van der Waals surface area contributed by atoms with Gasteiger partial charge in [-0.05, 0) is 57.5 Å². The second-order valence-corrected chi connectivity index (χ2v) is 9.02. The molecule has 152 valence electrons. The SMILES string of the molecule is Cc1ccc(S(=O)(=O)NCc2ccco2)cc1C(=O)OCC(=O)NC(C)(C)C. The third-order valence-corrected chi connectivity index (χ3v) is 5.00. The molecule has 0 atom stereocenters. The number of carbonyl (C=O) groups excluding carboxylic acids is 2. The molecule has 0 spiro atoms. The van der Waals surface area contributed by atoms with Crippen LogP contribution < -0.4 is 10.0 Å². The molecule has 0 aliphatic carbocycles. The highest BCUT2D eigenvalue weighted by Crippen LogP contribution is 2.17. The van der Waals surface area contributed by atoms with Gasteiger partial charge < -0.3 is 14.5 Å². The van der Waals surface area contributed by atoms with Gasteiger partial charge >= 0.3 is 5.97 Å². The molecule has 1 heterocycles. The first-order chi connectivity index (χ1) is 13.0. The summed E-state index contributed by atoms with van der Waals surface area (Å²) >= 11 is 0. The lowest BCUT2D eigenvalue weighted by Gasteiger charge is -2.20. The van der Waals surface area contributed by atoms with Crippen molar-refractivity contribution in [1.29, 1.82) is 0 Å². The van der Waals surface area contributed by atoms with Crippen LogP contribution in [-0.4, -0.2) is 32.4 Å². The molecule has 2 aromatic rings. The molecule has 2 N–H and O–H groups in total. The predicted molar refractivity (Wildman–Crippen MR) is 102 cm³/mol. The standard InChI is InChI=1S/C19H24N2O6S/c1-13-7-8-15(28(24,25)20-11-14-6-5-9-26-14)10-16(13)18(23)27-12-17(22)21-19(2,3)4/h5-10,20H,11-12H2,1-4H3,(H,21,22). The molecule has 28 heavy (non-hydrogen) atoms. The molecular formula is C19H24N2O6S. The number of esters is 1. The van der Waals surface area contributed by atoms with Crippen LogP contribution in [0.15, 0.2) is 45.9 Å². The summed E-state index contributed by atoms with van der Waals surface area (Å²) in [6.07, 6.45) is 1.44. The largest absolute Gasteiger partial charge is 0.468 e. The fraction of sp³-hybridized carbons (Fsp3) is 0.368. The fourth-order valence-corrected chi connectivity index (χ4v) is 3.33. The lowest BCUT2D eigenvalue weighted by Crippen LogP contribution is -2.42. The Morgan fingerprint density at radius 3 is 2.50 bits per heavy atom. The van der Waals surface area contributed by atoms with E-state index in [1.54, 1.807) is 39.8 Å². The van der Waals surface area contributed by atoms with Crippen LogP contribution in [0, 0.1) is 6.92 Å². The molecule has 0 aliphatic heterocycles. The van der Waals surface area contributed by atoms with Crippen molar-refractivity contribution in [2.75, 3.05) is 6.61 Å². The van der Waals surface area contributed by atoms with E-state index in [9.17, 15) is 18.0 Å². The second kappa shape index (κ2) is 8.57. The van der Waals surface area contributed by atoms with Crippen LogP contribution in [0.1, 0.15) is 42.5 Å². The van der Waals surface area contributed by atoms with E-state index in [-0.39, 0.29) is 17.0 Å². The van der Waals surface area contributed by atoms with Crippen LogP contribution in [0.4, 0.5) is 0 Å². The first-order valence-corrected chi connectivity index (χ1v) is 10.1. The Hall–Kier alpha value is -2.65. The van der Waals surface area contributed by atoms with E-state index in [1.807, 2.05) is 0 Å². The lowest BCUT2D eigenvalue weighted by molar-refractivity contribution is -0.125. The van der Waals surface area contributed by atoms with Gasteiger partial charge in [-0.3, -0.25) is 4.79 Å². The van der Waals surface area contributed by atoms with E-state index >= 15 is 0 Å². The minimum atomic E-state index is -3.86. The van der Waals surface area contributed by atoms with Crippen molar-refractivity contribution < 1.29 is 27.2 Å². The number of hydrogen-bond donors (Lipinski definition) is 2. The van der Waals surface area contributed by atoms with Crippen molar-refractivity contribution in [3.8, 4) is 0 Å². The van der Waals surface area contributed by atoms with Gasteiger partial charge in [-0.2, -0.15) is 0 Å². The zero-order valence-electron chi connectivity index (χ0n) is 16.2. The fourth-order valence-electron chi connectivity index (χ4n) is 2.31. The van der Waals surface area contributed by atoms with Crippen LogP contribution in [0.25, 0.3) is 0 Å². The molecule has 1 amide bonds. The van der Waals surface area contributed by atoms with E-state index < -0.39 is 34.0 Å². The number of rotatable bonds is 7. The maximum atomic E-state index is 12.5. The van der Waals surface area contributed by atoms with Crippen LogP contribution in [-0.2, 0) is 26.1 Å². The normalized spacial score (nSPS) is 11.9. The van der Waals surface area contributed by atoms with Crippen LogP contribution in [0.5, 0.6) is 0 Å². The van der Waals surface area contributed by atoms with E-state index in [1.165, 1.54) is 24.5 Å². The lowest BCUT2D eigenvalue weighted by atomic mass is 10.1. The minimum Gasteiger partial charge on any atom is -0.468 e. The van der Waals surface area contributed by atoms with Crippen molar-refractivity contribution in [1.82, 2.24) is 10.0 Å². The third-order valence-electron chi connectivity index (χ3n) is 3.60. The van der Waals surface area contributed by atoms with E-state index in [0.717, 1.165) is 0 Å². The molecule has 0 fully saturated rings. The minimum absolute atomic E-state index is 0.0179. The summed E-state index contributed by atoms with van der Waals surface area (Å²) in [5, 5.41) is 2.68. The van der Waals surface area contributed by atoms with Gasteiger partial charge in [0.2, 0.25) is 10.0 Å². The Morgan fingerprint density at radius 2 is 1.89 bits per heavy atom. The molecular weight excluding hydrogens is 384 g/mol. The summed E-state index contributed by atoms with van der Waals surface area (Å²) in [5.41, 5.74) is 0.156. The summed E-state index contributed by atoms with van der Waals surface area (Å²) in [7, 11) is -3.86. The van der Waals surface area contributed by atoms with Gasteiger partial charge in [0, 0.05) is 5.54 Å². The summed E-state index contributed by atoms with van der Waals surface area (Å²) in [5.74, 6) is -0.757. The first kappa shape index (κ1) is 21.6. The number of hydrogen-bond acceptors (Lipinski definition) is 6. The number of ether oxygens (including phenoxy) is 1. The quantitative estimate of drug-likeness (QED) is 0.679. The molecule has 0 aliphatic rings. The molecule has 0 unspecified atom stereocenters. The molecule has 0 radical (unpaired) electrons. The van der Waals surface area contributed by atoms with Crippen molar-refractivity contribution in [2.45, 2.75) is 44.7 Å². The molecule has 0 saturated heterocycles. The second-order valence-electron chi connectivity index (χ2n) is 7.25. The van der Waals surface area contributed by atoms with Gasteiger partial charge in [0.15, 0.2) is 6.61 Å². The van der Waals surface area contributed by atoms with E-state index in [4.69, 9.17) is 9.15 Å². The molecule has 2 rings (SSSR count). The number of nitrogens with one attached hydrogen (secondary N) is 2. The van der Waals surface area contributed by atoms with Crippen LogP contribution >= 0.6 is 0 Å². The zero-order chi connectivity index (χ0) is 20.9. The number of amides is 1. The summed E-state index contributed by atoms with van der Waals surface area (Å²) < 4.78 is 37.5. The molecule has 0 bridgehead atoms. The Bertz CT molecular complexity index is 943. The monoisotopic (exact) mass is 408 g/mol. The highest BCUT2D eigenvalue weighted by molar-refractivity contribution is 7.89. The Kier molecular flexibility index (Phi) is 6.63. The summed E-state index contributed by atoms with van der Waals surface area (Å²) in [6, 6.07) is 7.42. The van der Waals surface area contributed by atoms with Gasteiger partial charge in [-0.1, -0.05) is 6.07 Å². The molecule has 1 aromatic heterocycles. The third kappa shape index (κ3) is 6.21. The van der Waals surface area contributed by atoms with Gasteiger partial charge in [-0.15, -0.1) is 0 Å².